The van der Waals surface area contributed by atoms with Crippen LogP contribution in [0.25, 0.3) is 11.3 Å². The molecule has 0 spiro atoms. The molecule has 1 aromatic heterocycles. The van der Waals surface area contributed by atoms with Gasteiger partial charge in [0.2, 0.25) is 0 Å². The van der Waals surface area contributed by atoms with Crippen LogP contribution in [0.1, 0.15) is 48.7 Å². The SMILES string of the molecule is C[C@H]1[C@@H](O)[C@@H](O)[C@@H](C)O[C@H]1C1C=CN=CC1NC(=O)c1ccc(F)c(-c2c(F)cccc2C2CC2)n1. The number of amides is 1. The zero-order valence-corrected chi connectivity index (χ0v) is 20.0. The number of carbonyl (C=O) groups excluding carboxylic acids is 1. The summed E-state index contributed by atoms with van der Waals surface area (Å²) in [6.07, 6.45) is 3.67. The Morgan fingerprint density at radius 1 is 1.08 bits per heavy atom. The highest BCUT2D eigenvalue weighted by Gasteiger charge is 2.45. The van der Waals surface area contributed by atoms with Gasteiger partial charge in [0.1, 0.15) is 29.1 Å². The summed E-state index contributed by atoms with van der Waals surface area (Å²) in [6, 6.07) is 6.42. The topological polar surface area (TPSA) is 104 Å². The number of aliphatic hydroxyl groups is 2. The van der Waals surface area contributed by atoms with Gasteiger partial charge in [-0.3, -0.25) is 9.79 Å². The minimum atomic E-state index is -1.01. The summed E-state index contributed by atoms with van der Waals surface area (Å²) in [5, 5.41) is 23.5. The number of nitrogens with one attached hydrogen (secondary N) is 1. The van der Waals surface area contributed by atoms with Gasteiger partial charge in [-0.25, -0.2) is 13.8 Å². The summed E-state index contributed by atoms with van der Waals surface area (Å²) in [5.74, 6) is -2.48. The zero-order chi connectivity index (χ0) is 25.6. The number of ether oxygens (including phenoxy) is 1. The summed E-state index contributed by atoms with van der Waals surface area (Å²) in [5.41, 5.74) is 0.547. The fourth-order valence-corrected chi connectivity index (χ4v) is 5.13. The molecule has 0 radical (unpaired) electrons. The van der Waals surface area contributed by atoms with Crippen molar-refractivity contribution in [3.63, 3.8) is 0 Å². The molecule has 5 rings (SSSR count). The summed E-state index contributed by atoms with van der Waals surface area (Å²) in [6.45, 7) is 3.46. The Hall–Kier alpha value is -3.01. The minimum Gasteiger partial charge on any atom is -0.390 e. The van der Waals surface area contributed by atoms with E-state index in [1.807, 2.05) is 0 Å². The van der Waals surface area contributed by atoms with Gasteiger partial charge in [0.25, 0.3) is 5.91 Å². The van der Waals surface area contributed by atoms with Crippen molar-refractivity contribution in [1.82, 2.24) is 10.3 Å². The maximum atomic E-state index is 14.8. The van der Waals surface area contributed by atoms with E-state index in [4.69, 9.17) is 4.74 Å². The van der Waals surface area contributed by atoms with Crippen LogP contribution in [-0.2, 0) is 4.74 Å². The van der Waals surface area contributed by atoms with E-state index in [1.165, 1.54) is 12.1 Å². The molecule has 1 saturated carbocycles. The number of hydrogen-bond donors (Lipinski definition) is 3. The largest absolute Gasteiger partial charge is 0.390 e. The molecule has 9 heteroatoms. The van der Waals surface area contributed by atoms with Crippen LogP contribution >= 0.6 is 0 Å². The Kier molecular flexibility index (Phi) is 6.72. The number of aliphatic imine (C=N–C) groups is 1. The number of benzene rings is 1. The van der Waals surface area contributed by atoms with Crippen LogP contribution in [0.5, 0.6) is 0 Å². The highest BCUT2D eigenvalue weighted by Crippen LogP contribution is 2.45. The molecule has 36 heavy (non-hydrogen) atoms. The molecule has 7 nitrogen and oxygen atoms in total. The number of nitrogens with zero attached hydrogens (tertiary/aromatic N) is 2. The number of carbonyl (C=O) groups is 1. The van der Waals surface area contributed by atoms with Gasteiger partial charge < -0.3 is 20.3 Å². The van der Waals surface area contributed by atoms with E-state index in [9.17, 15) is 23.8 Å². The second-order valence-electron chi connectivity index (χ2n) is 9.87. The van der Waals surface area contributed by atoms with Crippen molar-refractivity contribution in [1.29, 1.82) is 0 Å². The number of aromatic nitrogens is 1. The quantitative estimate of drug-likeness (QED) is 0.588. The Bertz CT molecular complexity index is 1220. The highest BCUT2D eigenvalue weighted by atomic mass is 19.1. The van der Waals surface area contributed by atoms with E-state index in [1.54, 1.807) is 44.5 Å². The number of halogens is 2. The maximum absolute atomic E-state index is 14.8. The highest BCUT2D eigenvalue weighted by molar-refractivity contribution is 5.95. The van der Waals surface area contributed by atoms with Crippen LogP contribution < -0.4 is 5.32 Å². The van der Waals surface area contributed by atoms with E-state index in [-0.39, 0.29) is 28.8 Å². The number of aliphatic hydroxyl groups excluding tert-OH is 2. The summed E-state index contributed by atoms with van der Waals surface area (Å²) >= 11 is 0. The predicted octanol–water partition coefficient (Wildman–Crippen LogP) is 3.36. The van der Waals surface area contributed by atoms with E-state index in [2.05, 4.69) is 15.3 Å². The van der Waals surface area contributed by atoms with Crippen molar-refractivity contribution in [2.24, 2.45) is 16.8 Å². The Morgan fingerprint density at radius 3 is 2.61 bits per heavy atom. The molecular formula is C27H29F2N3O4. The first-order chi connectivity index (χ1) is 17.3. The Morgan fingerprint density at radius 2 is 1.86 bits per heavy atom. The Labute approximate surface area is 207 Å². The first-order valence-corrected chi connectivity index (χ1v) is 12.2. The molecule has 1 aromatic carbocycles. The lowest BCUT2D eigenvalue weighted by atomic mass is 9.79. The number of rotatable bonds is 5. The first kappa shape index (κ1) is 24.7. The average molecular weight is 498 g/mol. The van der Waals surface area contributed by atoms with Crippen molar-refractivity contribution in [2.45, 2.75) is 63.1 Å². The molecule has 1 amide bonds. The van der Waals surface area contributed by atoms with Crippen LogP contribution in [0.3, 0.4) is 0 Å². The second-order valence-corrected chi connectivity index (χ2v) is 9.87. The van der Waals surface area contributed by atoms with Gasteiger partial charge in [-0.2, -0.15) is 0 Å². The molecular weight excluding hydrogens is 468 g/mol. The van der Waals surface area contributed by atoms with Crippen LogP contribution in [0.15, 0.2) is 47.6 Å². The second kappa shape index (κ2) is 9.80. The average Bonchev–Trinajstić information content (AvgIpc) is 3.71. The fourth-order valence-electron chi connectivity index (χ4n) is 5.13. The third-order valence-corrected chi connectivity index (χ3v) is 7.37. The summed E-state index contributed by atoms with van der Waals surface area (Å²) in [7, 11) is 0. The molecule has 3 N–H and O–H groups in total. The van der Waals surface area contributed by atoms with E-state index >= 15 is 0 Å². The summed E-state index contributed by atoms with van der Waals surface area (Å²) < 4.78 is 35.6. The van der Waals surface area contributed by atoms with Gasteiger partial charge in [-0.05, 0) is 49.4 Å². The van der Waals surface area contributed by atoms with Crippen LogP contribution in [0, 0.1) is 23.5 Å². The molecule has 3 heterocycles. The van der Waals surface area contributed by atoms with Gasteiger partial charge >= 0.3 is 0 Å². The lowest BCUT2D eigenvalue weighted by Gasteiger charge is -2.44. The van der Waals surface area contributed by atoms with E-state index in [0.29, 0.717) is 5.56 Å². The lowest BCUT2D eigenvalue weighted by molar-refractivity contribution is -0.200. The molecule has 2 aliphatic heterocycles. The molecule has 3 aliphatic rings. The molecule has 0 bridgehead atoms. The molecule has 1 aliphatic carbocycles. The summed E-state index contributed by atoms with van der Waals surface area (Å²) in [4.78, 5) is 21.6. The molecule has 2 unspecified atom stereocenters. The van der Waals surface area contributed by atoms with Gasteiger partial charge in [0.15, 0.2) is 0 Å². The lowest BCUT2D eigenvalue weighted by Crippen LogP contribution is -2.58. The zero-order valence-electron chi connectivity index (χ0n) is 20.0. The van der Waals surface area contributed by atoms with Gasteiger partial charge in [-0.15, -0.1) is 0 Å². The van der Waals surface area contributed by atoms with Crippen LogP contribution in [-0.4, -0.2) is 57.8 Å². The van der Waals surface area contributed by atoms with Gasteiger partial charge in [0, 0.05) is 29.8 Å². The predicted molar refractivity (Wildman–Crippen MR) is 129 cm³/mol. The first-order valence-electron chi connectivity index (χ1n) is 12.2. The smallest absolute Gasteiger partial charge is 0.270 e. The van der Waals surface area contributed by atoms with Crippen molar-refractivity contribution in [2.75, 3.05) is 0 Å². The third-order valence-electron chi connectivity index (χ3n) is 7.37. The van der Waals surface area contributed by atoms with E-state index in [0.717, 1.165) is 18.9 Å². The van der Waals surface area contributed by atoms with Crippen LogP contribution in [0.2, 0.25) is 0 Å². The monoisotopic (exact) mass is 497 g/mol. The molecule has 7 atom stereocenters. The standard InChI is InChI=1S/C27H29F2N3O4/c1-13-24(33)25(34)14(2)36-26(13)17-10-11-30-12-21(17)32-27(35)20-9-8-19(29)23(31-20)22-16(15-6-7-15)4-3-5-18(22)28/h3-5,8-15,17,21,24-26,33-34H,6-7H2,1-2H3,(H,32,35)/t13-,14+,17?,21?,24+,25-,26+/m0/s1. The number of pyridine rings is 1. The van der Waals surface area contributed by atoms with Crippen molar-refractivity contribution in [3.8, 4) is 11.3 Å². The van der Waals surface area contributed by atoms with Gasteiger partial charge in [0.05, 0.1) is 24.4 Å². The fraction of sp³-hybridized carbons (Fsp3) is 0.444. The molecule has 1 saturated heterocycles. The molecule has 2 aromatic rings. The van der Waals surface area contributed by atoms with Crippen molar-refractivity contribution >= 4 is 12.1 Å². The maximum Gasteiger partial charge on any atom is 0.270 e. The molecule has 190 valence electrons. The van der Waals surface area contributed by atoms with Crippen LogP contribution in [0.4, 0.5) is 8.78 Å². The van der Waals surface area contributed by atoms with Crippen molar-refractivity contribution in [3.05, 3.63) is 65.5 Å². The van der Waals surface area contributed by atoms with Gasteiger partial charge in [-0.1, -0.05) is 25.1 Å². The van der Waals surface area contributed by atoms with Crippen molar-refractivity contribution < 1.29 is 28.5 Å². The third kappa shape index (κ3) is 4.58. The normalized spacial score (nSPS) is 31.9. The number of hydrogen-bond acceptors (Lipinski definition) is 6. The van der Waals surface area contributed by atoms with E-state index < -0.39 is 53.9 Å². The molecule has 2 fully saturated rings. The minimum absolute atomic E-state index is 0.0560. The Balaban J connectivity index is 1.40.